The van der Waals surface area contributed by atoms with E-state index in [1.54, 1.807) is 37.5 Å². The highest BCUT2D eigenvalue weighted by Crippen LogP contribution is 2.29. The first kappa shape index (κ1) is 20.2. The molecule has 2 aromatic carbocycles. The molecule has 0 saturated heterocycles. The smallest absolute Gasteiger partial charge is 0.262 e. The minimum Gasteiger partial charge on any atom is -0.497 e. The van der Waals surface area contributed by atoms with Crippen LogP contribution in [0.3, 0.4) is 0 Å². The summed E-state index contributed by atoms with van der Waals surface area (Å²) in [6.07, 6.45) is 2.93. The first-order valence-corrected chi connectivity index (χ1v) is 9.21. The molecule has 0 aliphatic rings. The summed E-state index contributed by atoms with van der Waals surface area (Å²) in [5, 5.41) is 1.05. The third-order valence-electron chi connectivity index (χ3n) is 3.10. The molecule has 0 aliphatic carbocycles. The van der Waals surface area contributed by atoms with Crippen molar-refractivity contribution in [1.82, 2.24) is 10.9 Å². The van der Waals surface area contributed by atoms with Gasteiger partial charge >= 0.3 is 0 Å². The molecule has 2 rings (SSSR count). The first-order chi connectivity index (χ1) is 12.5. The molecular formula is C18H16Cl2N2O3S. The zero-order chi connectivity index (χ0) is 18.9. The van der Waals surface area contributed by atoms with Crippen LogP contribution in [0.25, 0.3) is 6.08 Å². The van der Waals surface area contributed by atoms with Crippen LogP contribution in [0.15, 0.2) is 53.4 Å². The Balaban J connectivity index is 1.78. The number of thioether (sulfide) groups is 1. The average molecular weight is 411 g/mol. The molecule has 136 valence electrons. The Kier molecular flexibility index (Phi) is 7.84. The number of hydrogen-bond acceptors (Lipinski definition) is 4. The second kappa shape index (κ2) is 10.1. The van der Waals surface area contributed by atoms with Crippen LogP contribution in [-0.4, -0.2) is 24.7 Å². The molecule has 0 aromatic heterocycles. The summed E-state index contributed by atoms with van der Waals surface area (Å²) in [5.41, 5.74) is 5.45. The summed E-state index contributed by atoms with van der Waals surface area (Å²) in [5.74, 6) is -0.0429. The minimum absolute atomic E-state index is 0.0833. The van der Waals surface area contributed by atoms with E-state index in [1.165, 1.54) is 17.8 Å². The molecule has 2 N–H and O–H groups in total. The topological polar surface area (TPSA) is 67.4 Å². The van der Waals surface area contributed by atoms with Gasteiger partial charge in [0.15, 0.2) is 0 Å². The number of hydrazine groups is 1. The maximum Gasteiger partial charge on any atom is 0.262 e. The molecule has 0 spiro atoms. The van der Waals surface area contributed by atoms with Gasteiger partial charge < -0.3 is 4.74 Å². The Bertz CT molecular complexity index is 828. The number of methoxy groups -OCH3 is 1. The lowest BCUT2D eigenvalue weighted by Gasteiger charge is -2.06. The lowest BCUT2D eigenvalue weighted by molar-refractivity contribution is -0.125. The van der Waals surface area contributed by atoms with Crippen LogP contribution in [0.2, 0.25) is 10.0 Å². The number of amides is 2. The summed E-state index contributed by atoms with van der Waals surface area (Å²) in [7, 11) is 1.57. The molecule has 8 heteroatoms. The van der Waals surface area contributed by atoms with E-state index in [9.17, 15) is 9.59 Å². The molecule has 2 amide bonds. The molecule has 0 fully saturated rings. The van der Waals surface area contributed by atoms with E-state index in [-0.39, 0.29) is 11.7 Å². The van der Waals surface area contributed by atoms with E-state index in [4.69, 9.17) is 27.9 Å². The van der Waals surface area contributed by atoms with E-state index in [1.807, 2.05) is 18.2 Å². The number of carbonyl (C=O) groups is 2. The van der Waals surface area contributed by atoms with Crippen molar-refractivity contribution in [2.75, 3.05) is 12.9 Å². The van der Waals surface area contributed by atoms with Gasteiger partial charge in [0.1, 0.15) is 5.75 Å². The monoisotopic (exact) mass is 410 g/mol. The fraction of sp³-hybridized carbons (Fsp3) is 0.111. The van der Waals surface area contributed by atoms with Gasteiger partial charge in [-0.2, -0.15) is 0 Å². The first-order valence-electron chi connectivity index (χ1n) is 7.47. The number of hydrogen-bond donors (Lipinski definition) is 2. The van der Waals surface area contributed by atoms with Crippen molar-refractivity contribution >= 4 is 52.9 Å². The maximum atomic E-state index is 11.8. The van der Waals surface area contributed by atoms with E-state index >= 15 is 0 Å². The summed E-state index contributed by atoms with van der Waals surface area (Å²) >= 11 is 13.1. The number of halogens is 2. The van der Waals surface area contributed by atoms with Crippen LogP contribution in [0.4, 0.5) is 0 Å². The zero-order valence-corrected chi connectivity index (χ0v) is 16.1. The molecule has 0 unspecified atom stereocenters. The van der Waals surface area contributed by atoms with Crippen molar-refractivity contribution < 1.29 is 14.3 Å². The Morgan fingerprint density at radius 1 is 1.15 bits per heavy atom. The second-order valence-corrected chi connectivity index (χ2v) is 6.87. The van der Waals surface area contributed by atoms with Crippen molar-refractivity contribution in [3.63, 3.8) is 0 Å². The van der Waals surface area contributed by atoms with E-state index in [0.717, 1.165) is 5.56 Å². The van der Waals surface area contributed by atoms with Gasteiger partial charge in [0.2, 0.25) is 5.91 Å². The van der Waals surface area contributed by atoms with Crippen molar-refractivity contribution in [1.29, 1.82) is 0 Å². The predicted octanol–water partition coefficient (Wildman–Crippen LogP) is 3.95. The van der Waals surface area contributed by atoms with Gasteiger partial charge in [-0.1, -0.05) is 35.3 Å². The number of rotatable bonds is 6. The molecule has 0 atom stereocenters. The van der Waals surface area contributed by atoms with E-state index in [2.05, 4.69) is 10.9 Å². The van der Waals surface area contributed by atoms with Crippen molar-refractivity contribution in [3.05, 3.63) is 64.1 Å². The molecular weight excluding hydrogens is 395 g/mol. The zero-order valence-electron chi connectivity index (χ0n) is 13.8. The van der Waals surface area contributed by atoms with Crippen LogP contribution < -0.4 is 15.6 Å². The van der Waals surface area contributed by atoms with Crippen LogP contribution in [0, 0.1) is 0 Å². The van der Waals surface area contributed by atoms with Gasteiger partial charge in [-0.3, -0.25) is 20.4 Å². The standard InChI is InChI=1S/C18H16Cl2N2O3S/c1-25-14-4-2-3-12(9-14)5-8-17(23)21-22-18(24)11-26-16-10-13(19)6-7-15(16)20/h2-10H,11H2,1H3,(H,21,23)(H,22,24)/b8-5+. The number of ether oxygens (including phenoxy) is 1. The second-order valence-electron chi connectivity index (χ2n) is 5.01. The van der Waals surface area contributed by atoms with Crippen LogP contribution >= 0.6 is 35.0 Å². The summed E-state index contributed by atoms with van der Waals surface area (Å²) in [4.78, 5) is 24.3. The predicted molar refractivity (Wildman–Crippen MR) is 105 cm³/mol. The lowest BCUT2D eigenvalue weighted by Crippen LogP contribution is -2.41. The normalized spacial score (nSPS) is 10.6. The highest BCUT2D eigenvalue weighted by molar-refractivity contribution is 8.00. The third-order valence-corrected chi connectivity index (χ3v) is 4.83. The maximum absolute atomic E-state index is 11.8. The summed E-state index contributed by atoms with van der Waals surface area (Å²) < 4.78 is 5.11. The van der Waals surface area contributed by atoms with Crippen molar-refractivity contribution in [2.45, 2.75) is 4.90 Å². The molecule has 26 heavy (non-hydrogen) atoms. The van der Waals surface area contributed by atoms with Gasteiger partial charge in [0.05, 0.1) is 17.9 Å². The third kappa shape index (κ3) is 6.63. The van der Waals surface area contributed by atoms with Crippen LogP contribution in [-0.2, 0) is 9.59 Å². The van der Waals surface area contributed by atoms with Gasteiger partial charge in [0, 0.05) is 16.0 Å². The van der Waals surface area contributed by atoms with Crippen LogP contribution in [0.5, 0.6) is 5.75 Å². The quantitative estimate of drug-likeness (QED) is 0.429. The fourth-order valence-corrected chi connectivity index (χ4v) is 3.15. The van der Waals surface area contributed by atoms with Crippen molar-refractivity contribution in [3.8, 4) is 5.75 Å². The Labute approximate surface area is 165 Å². The highest BCUT2D eigenvalue weighted by atomic mass is 35.5. The van der Waals surface area contributed by atoms with Gasteiger partial charge in [0.25, 0.3) is 5.91 Å². The van der Waals surface area contributed by atoms with Gasteiger partial charge in [-0.25, -0.2) is 0 Å². The van der Waals surface area contributed by atoms with E-state index < -0.39 is 5.91 Å². The van der Waals surface area contributed by atoms with Crippen LogP contribution in [0.1, 0.15) is 5.56 Å². The van der Waals surface area contributed by atoms with E-state index in [0.29, 0.717) is 20.7 Å². The number of benzene rings is 2. The minimum atomic E-state index is -0.452. The average Bonchev–Trinajstić information content (AvgIpc) is 2.65. The molecule has 0 heterocycles. The highest BCUT2D eigenvalue weighted by Gasteiger charge is 2.07. The molecule has 0 aliphatic heterocycles. The summed E-state index contributed by atoms with van der Waals surface area (Å²) in [6.45, 7) is 0. The number of nitrogens with one attached hydrogen (secondary N) is 2. The fourth-order valence-electron chi connectivity index (χ4n) is 1.86. The molecule has 2 aromatic rings. The molecule has 0 bridgehead atoms. The van der Waals surface area contributed by atoms with Crippen molar-refractivity contribution in [2.24, 2.45) is 0 Å². The van der Waals surface area contributed by atoms with Gasteiger partial charge in [-0.15, -0.1) is 11.8 Å². The Morgan fingerprint density at radius 2 is 1.96 bits per heavy atom. The van der Waals surface area contributed by atoms with Gasteiger partial charge in [-0.05, 0) is 42.0 Å². The lowest BCUT2D eigenvalue weighted by atomic mass is 10.2. The SMILES string of the molecule is COc1cccc(/C=C/C(=O)NNC(=O)CSc2cc(Cl)ccc2Cl)c1. The largest absolute Gasteiger partial charge is 0.497 e. The Hall–Kier alpha value is -2.15. The molecule has 0 radical (unpaired) electrons. The number of carbonyl (C=O) groups excluding carboxylic acids is 2. The Morgan fingerprint density at radius 3 is 2.73 bits per heavy atom. The molecule has 0 saturated carbocycles. The summed E-state index contributed by atoms with van der Waals surface area (Å²) in [6, 6.07) is 12.2. The molecule has 5 nitrogen and oxygen atoms in total.